The average Bonchev–Trinajstić information content (AvgIpc) is 1.77. The molecular formula is CH3Al4NaO12Si3. The van der Waals surface area contributed by atoms with Crippen molar-refractivity contribution in [3.63, 3.8) is 0 Å². The van der Waals surface area contributed by atoms with Gasteiger partial charge in [0.05, 0.1) is 0 Å². The van der Waals surface area contributed by atoms with Gasteiger partial charge >= 0.3 is 102 Å². The van der Waals surface area contributed by atoms with Gasteiger partial charge in [-0.25, -0.2) is 0 Å². The Morgan fingerprint density at radius 1 is 0.381 bits per heavy atom. The van der Waals surface area contributed by atoms with E-state index in [1.807, 2.05) is 0 Å². The van der Waals surface area contributed by atoms with Gasteiger partial charge in [-0.05, 0) is 0 Å². The summed E-state index contributed by atoms with van der Waals surface area (Å²) in [6.07, 6.45) is 0. The molecule has 0 saturated carbocycles. The quantitative estimate of drug-likeness (QED) is 0.329. The second-order valence-electron chi connectivity index (χ2n) is 1.50. The summed E-state index contributed by atoms with van der Waals surface area (Å²) in [5.74, 6) is 0. The van der Waals surface area contributed by atoms with Gasteiger partial charge in [-0.2, -0.15) is 0 Å². The predicted molar refractivity (Wildman–Crippen MR) is 51.9 cm³/mol. The molecule has 20 heteroatoms. The Bertz CT molecular complexity index is 112. The van der Waals surface area contributed by atoms with Crippen LogP contribution in [0.3, 0.4) is 0 Å². The molecule has 0 aliphatic heterocycles. The second kappa shape index (κ2) is 25.5. The van der Waals surface area contributed by atoms with E-state index in [4.69, 9.17) is 57.5 Å². The molecule has 0 rings (SSSR count). The molecule has 0 N–H and O–H groups in total. The first-order chi connectivity index (χ1) is 7.00. The van der Waals surface area contributed by atoms with Crippen LogP contribution in [0.4, 0.5) is 0 Å². The number of hydrogen-bond acceptors (Lipinski definition) is 12. The monoisotopic (exact) mass is 422 g/mol. The Labute approximate surface area is 184 Å². The van der Waals surface area contributed by atoms with Crippen molar-refractivity contribution in [3.05, 3.63) is 0 Å². The van der Waals surface area contributed by atoms with Gasteiger partial charge in [-0.1, -0.05) is 0 Å². The molecule has 0 radical (unpaired) electrons. The Morgan fingerprint density at radius 3 is 0.381 bits per heavy atom. The minimum atomic E-state index is -5.61. The van der Waals surface area contributed by atoms with Crippen molar-refractivity contribution in [2.45, 2.75) is 4.17 Å². The first-order valence-corrected chi connectivity index (χ1v) is 10.3. The first-order valence-electron chi connectivity index (χ1n) is 3.45. The van der Waals surface area contributed by atoms with Crippen molar-refractivity contribution in [1.82, 2.24) is 0 Å². The fourth-order valence-corrected chi connectivity index (χ4v) is 0. The SMILES string of the molecule is [Al+3].[Al+3].[Al+3].[Al+3].[CH3][Na].[O-][Si]([O-])([O-])[O-].[O-][Si]([O-])([O-])[O-].[O-][Si]([O-])([O-])[O-]. The molecule has 0 saturated heterocycles. The van der Waals surface area contributed by atoms with Gasteiger partial charge in [0.15, 0.2) is 0 Å². The summed E-state index contributed by atoms with van der Waals surface area (Å²) in [7, 11) is -16.8. The van der Waals surface area contributed by atoms with Crippen LogP contribution in [-0.4, -0.2) is 125 Å². The summed E-state index contributed by atoms with van der Waals surface area (Å²) in [6.45, 7) is 0. The van der Waals surface area contributed by atoms with Gasteiger partial charge in [0.1, 0.15) is 0 Å². The van der Waals surface area contributed by atoms with Gasteiger partial charge < -0.3 is 84.7 Å². The van der Waals surface area contributed by atoms with Crippen LogP contribution < -0.4 is 57.5 Å². The van der Waals surface area contributed by atoms with Gasteiger partial charge in [0.25, 0.3) is 0 Å². The van der Waals surface area contributed by atoms with E-state index in [-0.39, 0.29) is 69.4 Å². The van der Waals surface area contributed by atoms with Crippen LogP contribution in [0, 0.1) is 0 Å². The number of hydrogen-bond donors (Lipinski definition) is 0. The molecule has 0 fully saturated rings. The molecule has 0 aliphatic carbocycles. The minimum absolute atomic E-state index is 0. The summed E-state index contributed by atoms with van der Waals surface area (Å²) in [4.78, 5) is 103. The van der Waals surface area contributed by atoms with Crippen molar-refractivity contribution in [1.29, 1.82) is 0 Å². The molecule has 0 spiro atoms. The molecular weight excluding hydrogens is 419 g/mol. The van der Waals surface area contributed by atoms with Crippen LogP contribution in [0.1, 0.15) is 0 Å². The molecule has 21 heavy (non-hydrogen) atoms. The molecule has 0 amide bonds. The third-order valence-corrected chi connectivity index (χ3v) is 0. The second-order valence-corrected chi connectivity index (χ2v) is 4.50. The molecule has 0 bridgehead atoms. The molecule has 0 atom stereocenters. The Hall–Kier alpha value is 3.30. The average molecular weight is 422 g/mol. The van der Waals surface area contributed by atoms with Crippen molar-refractivity contribution in [3.8, 4) is 0 Å². The van der Waals surface area contributed by atoms with Crippen molar-refractivity contribution in [2.75, 3.05) is 0 Å². The van der Waals surface area contributed by atoms with E-state index < -0.39 is 27.1 Å². The van der Waals surface area contributed by atoms with E-state index in [0.29, 0.717) is 0 Å². The van der Waals surface area contributed by atoms with E-state index in [1.165, 1.54) is 27.9 Å². The van der Waals surface area contributed by atoms with Crippen molar-refractivity contribution >= 4 is 125 Å². The van der Waals surface area contributed by atoms with Gasteiger partial charge in [-0.3, -0.25) is 0 Å². The molecule has 0 aromatic rings. The van der Waals surface area contributed by atoms with Crippen LogP contribution >= 0.6 is 0 Å². The maximum Gasteiger partial charge on any atom is -0.426 e. The summed E-state index contributed by atoms with van der Waals surface area (Å²) < 4.78 is 2.14. The molecule has 0 aromatic carbocycles. The maximum absolute atomic E-state index is 8.58. The van der Waals surface area contributed by atoms with Crippen molar-refractivity contribution < 1.29 is 57.5 Å². The summed E-state index contributed by atoms with van der Waals surface area (Å²) in [6, 6.07) is 0. The summed E-state index contributed by atoms with van der Waals surface area (Å²) in [5, 5.41) is 0. The van der Waals surface area contributed by atoms with Gasteiger partial charge in [-0.15, -0.1) is 0 Å². The fourth-order valence-electron chi connectivity index (χ4n) is 0. The Morgan fingerprint density at radius 2 is 0.381 bits per heavy atom. The zero-order chi connectivity index (χ0) is 15.5. The zero-order valence-electron chi connectivity index (χ0n) is 10.7. The van der Waals surface area contributed by atoms with E-state index >= 15 is 0 Å². The fraction of sp³-hybridized carbons (Fsp3) is 1.00. The van der Waals surface area contributed by atoms with Crippen LogP contribution in [-0.2, 0) is 0 Å². The predicted octanol–water partition coefficient (Wildman–Crippen LogP) is -16.7. The van der Waals surface area contributed by atoms with E-state index in [2.05, 4.69) is 4.17 Å². The molecule has 0 unspecified atom stereocenters. The largest absolute Gasteiger partial charge is 0.894 e. The van der Waals surface area contributed by atoms with Crippen molar-refractivity contribution in [2.24, 2.45) is 0 Å². The summed E-state index contributed by atoms with van der Waals surface area (Å²) >= 11 is 1.31. The normalized spacial score (nSPS) is 8.90. The van der Waals surface area contributed by atoms with Crippen LogP contribution in [0.5, 0.6) is 0 Å². The smallest absolute Gasteiger partial charge is 0.426 e. The van der Waals surface area contributed by atoms with E-state index in [0.717, 1.165) is 0 Å². The Kier molecular flexibility index (Phi) is 60.4. The third-order valence-electron chi connectivity index (χ3n) is 0. The third kappa shape index (κ3) is 970. The summed E-state index contributed by atoms with van der Waals surface area (Å²) in [5.41, 5.74) is 0. The van der Waals surface area contributed by atoms with Crippen LogP contribution in [0.2, 0.25) is 4.17 Å². The first kappa shape index (κ1) is 49.7. The van der Waals surface area contributed by atoms with Crippen LogP contribution in [0.15, 0.2) is 0 Å². The maximum atomic E-state index is 8.58. The van der Waals surface area contributed by atoms with Gasteiger partial charge in [0, 0.05) is 0 Å². The zero-order valence-corrected chi connectivity index (χ0v) is 20.3. The molecule has 104 valence electrons. The standard InChI is InChI=1S/CH3.4Al.Na.3O4Si/c;;;;;;3*1-5(2,3)4/h1H3;;;;;;;;/q;4*+3;;3*-4. The number of rotatable bonds is 0. The Balaban J connectivity index is -0.0000000174. The minimum Gasteiger partial charge on any atom is -0.894 e. The molecule has 0 aliphatic rings. The topological polar surface area (TPSA) is 277 Å². The van der Waals surface area contributed by atoms with E-state index in [9.17, 15) is 0 Å². The molecule has 12 nitrogen and oxygen atoms in total. The molecule has 0 aromatic heterocycles. The molecule has 0 heterocycles. The van der Waals surface area contributed by atoms with Crippen LogP contribution in [0.25, 0.3) is 0 Å². The van der Waals surface area contributed by atoms with Gasteiger partial charge in [0.2, 0.25) is 0 Å². The van der Waals surface area contributed by atoms with E-state index in [1.54, 1.807) is 0 Å².